The summed E-state index contributed by atoms with van der Waals surface area (Å²) in [5.41, 5.74) is 0. The third kappa shape index (κ3) is 3.37. The number of benzene rings is 1. The number of amides is 1. The second-order valence-corrected chi connectivity index (χ2v) is 6.43. The lowest BCUT2D eigenvalue weighted by Gasteiger charge is -2.05. The van der Waals surface area contributed by atoms with E-state index in [0.29, 0.717) is 5.76 Å². The van der Waals surface area contributed by atoms with Gasteiger partial charge in [-0.1, -0.05) is 28.9 Å². The normalized spacial score (nSPS) is 11.3. The first-order valence-corrected chi connectivity index (χ1v) is 7.62. The van der Waals surface area contributed by atoms with E-state index < -0.39 is 21.5 Å². The molecule has 6 nitrogen and oxygen atoms in total. The number of aryl methyl sites for hydroxylation is 1. The maximum absolute atomic E-state index is 12.1. The summed E-state index contributed by atoms with van der Waals surface area (Å²) in [7, 11) is -3.81. The van der Waals surface area contributed by atoms with Gasteiger partial charge in [0.1, 0.15) is 11.5 Å². The Balaban J connectivity index is 2.13. The topological polar surface area (TPSA) is 89.3 Å². The van der Waals surface area contributed by atoms with Crippen LogP contribution in [0.1, 0.15) is 5.76 Å². The molecule has 1 aromatic carbocycles. The lowest BCUT2D eigenvalue weighted by atomic mass is 10.4. The van der Waals surface area contributed by atoms with Gasteiger partial charge in [-0.3, -0.25) is 4.79 Å². The van der Waals surface area contributed by atoms with E-state index >= 15 is 0 Å². The molecule has 0 aliphatic rings. The first kappa shape index (κ1) is 14.5. The van der Waals surface area contributed by atoms with Crippen molar-refractivity contribution in [2.75, 3.05) is 11.1 Å². The fourth-order valence-electron chi connectivity index (χ4n) is 1.55. The molecule has 8 heteroatoms. The second-order valence-electron chi connectivity index (χ2n) is 4.06. The van der Waals surface area contributed by atoms with Crippen LogP contribution in [0.3, 0.4) is 0 Å². The highest BCUT2D eigenvalue weighted by Crippen LogP contribution is 2.21. The van der Waals surface area contributed by atoms with Gasteiger partial charge in [0.25, 0.3) is 0 Å². The molecular formula is C12H11ClN2O4S. The van der Waals surface area contributed by atoms with E-state index in [9.17, 15) is 13.2 Å². The number of hydrogen-bond donors (Lipinski definition) is 1. The zero-order valence-electron chi connectivity index (χ0n) is 10.5. The molecule has 0 saturated carbocycles. The number of nitrogens with zero attached hydrogens (tertiary/aromatic N) is 1. The molecule has 1 N–H and O–H groups in total. The molecule has 0 fully saturated rings. The molecular weight excluding hydrogens is 304 g/mol. The van der Waals surface area contributed by atoms with E-state index in [-0.39, 0.29) is 15.7 Å². The first-order valence-electron chi connectivity index (χ1n) is 5.59. The zero-order chi connectivity index (χ0) is 14.8. The standard InChI is InChI=1S/C12H11ClN2O4S/c1-8-6-11(15-19-8)14-12(16)7-20(17,18)10-5-3-2-4-9(10)13/h2-6H,7H2,1H3,(H,14,15,16). The quantitative estimate of drug-likeness (QED) is 0.933. The summed E-state index contributed by atoms with van der Waals surface area (Å²) in [6.45, 7) is 1.66. The first-order chi connectivity index (χ1) is 9.38. The molecule has 0 saturated heterocycles. The summed E-state index contributed by atoms with van der Waals surface area (Å²) in [6.07, 6.45) is 0. The van der Waals surface area contributed by atoms with E-state index in [1.54, 1.807) is 13.0 Å². The number of carbonyl (C=O) groups excluding carboxylic acids is 1. The minimum absolute atomic E-state index is 0.0758. The molecule has 0 aliphatic heterocycles. The van der Waals surface area contributed by atoms with E-state index in [0.717, 1.165) is 0 Å². The van der Waals surface area contributed by atoms with Crippen molar-refractivity contribution in [2.24, 2.45) is 0 Å². The van der Waals surface area contributed by atoms with Crippen molar-refractivity contribution in [1.82, 2.24) is 5.16 Å². The predicted octanol–water partition coefficient (Wildman–Crippen LogP) is 2.05. The number of anilines is 1. The minimum atomic E-state index is -3.81. The van der Waals surface area contributed by atoms with Crippen molar-refractivity contribution in [3.8, 4) is 0 Å². The number of aromatic nitrogens is 1. The molecule has 0 aliphatic carbocycles. The molecule has 1 heterocycles. The molecule has 0 atom stereocenters. The van der Waals surface area contributed by atoms with Gasteiger partial charge in [-0.15, -0.1) is 0 Å². The van der Waals surface area contributed by atoms with Crippen LogP contribution in [0.15, 0.2) is 39.8 Å². The highest BCUT2D eigenvalue weighted by molar-refractivity contribution is 7.92. The Morgan fingerprint density at radius 3 is 2.70 bits per heavy atom. The van der Waals surface area contributed by atoms with Gasteiger partial charge in [-0.25, -0.2) is 8.42 Å². The van der Waals surface area contributed by atoms with Crippen LogP contribution in [-0.4, -0.2) is 25.2 Å². The molecule has 2 aromatic rings. The Kier molecular flexibility index (Phi) is 4.10. The molecule has 1 amide bonds. The van der Waals surface area contributed by atoms with Gasteiger partial charge in [-0.2, -0.15) is 0 Å². The van der Waals surface area contributed by atoms with Crippen molar-refractivity contribution >= 4 is 33.2 Å². The van der Waals surface area contributed by atoms with Crippen LogP contribution in [0, 0.1) is 6.92 Å². The Morgan fingerprint density at radius 2 is 2.10 bits per heavy atom. The number of sulfone groups is 1. The van der Waals surface area contributed by atoms with Gasteiger partial charge >= 0.3 is 0 Å². The minimum Gasteiger partial charge on any atom is -0.360 e. The summed E-state index contributed by atoms with van der Waals surface area (Å²) in [5.74, 6) is -0.753. The molecule has 0 unspecified atom stereocenters. The molecule has 0 bridgehead atoms. The Hall–Kier alpha value is -1.86. The van der Waals surface area contributed by atoms with E-state index in [1.807, 2.05) is 0 Å². The molecule has 0 spiro atoms. The van der Waals surface area contributed by atoms with Crippen molar-refractivity contribution in [2.45, 2.75) is 11.8 Å². The smallest absolute Gasteiger partial charge is 0.241 e. The Labute approximate surface area is 120 Å². The highest BCUT2D eigenvalue weighted by Gasteiger charge is 2.22. The maximum Gasteiger partial charge on any atom is 0.241 e. The van der Waals surface area contributed by atoms with Crippen molar-refractivity contribution in [1.29, 1.82) is 0 Å². The molecule has 1 aromatic heterocycles. The summed E-state index contributed by atoms with van der Waals surface area (Å²) in [6, 6.07) is 7.44. The Morgan fingerprint density at radius 1 is 1.40 bits per heavy atom. The van der Waals surface area contributed by atoms with Crippen LogP contribution < -0.4 is 5.32 Å². The van der Waals surface area contributed by atoms with Crippen molar-refractivity contribution in [3.05, 3.63) is 41.1 Å². The van der Waals surface area contributed by atoms with Crippen LogP contribution >= 0.6 is 11.6 Å². The lowest BCUT2D eigenvalue weighted by molar-refractivity contribution is -0.113. The van der Waals surface area contributed by atoms with E-state index in [4.69, 9.17) is 16.1 Å². The van der Waals surface area contributed by atoms with Gasteiger partial charge in [0.15, 0.2) is 15.7 Å². The monoisotopic (exact) mass is 314 g/mol. The maximum atomic E-state index is 12.1. The fraction of sp³-hybridized carbons (Fsp3) is 0.167. The fourth-order valence-corrected chi connectivity index (χ4v) is 3.26. The lowest BCUT2D eigenvalue weighted by Crippen LogP contribution is -2.23. The summed E-state index contributed by atoms with van der Waals surface area (Å²) in [5, 5.41) is 5.97. The number of halogens is 1. The average Bonchev–Trinajstić information content (AvgIpc) is 2.74. The third-order valence-electron chi connectivity index (χ3n) is 2.39. The summed E-state index contributed by atoms with van der Waals surface area (Å²) < 4.78 is 28.9. The van der Waals surface area contributed by atoms with Crippen molar-refractivity contribution in [3.63, 3.8) is 0 Å². The summed E-state index contributed by atoms with van der Waals surface area (Å²) in [4.78, 5) is 11.6. The van der Waals surface area contributed by atoms with Gasteiger partial charge in [0, 0.05) is 6.07 Å². The van der Waals surface area contributed by atoms with Crippen LogP contribution in [-0.2, 0) is 14.6 Å². The SMILES string of the molecule is Cc1cc(NC(=O)CS(=O)(=O)c2ccccc2Cl)no1. The van der Waals surface area contributed by atoms with Crippen LogP contribution in [0.2, 0.25) is 5.02 Å². The van der Waals surface area contributed by atoms with Gasteiger partial charge in [-0.05, 0) is 19.1 Å². The van der Waals surface area contributed by atoms with E-state index in [2.05, 4.69) is 10.5 Å². The second kappa shape index (κ2) is 5.64. The molecule has 0 radical (unpaired) electrons. The third-order valence-corrected chi connectivity index (χ3v) is 4.50. The molecule has 106 valence electrons. The zero-order valence-corrected chi connectivity index (χ0v) is 12.0. The van der Waals surface area contributed by atoms with Gasteiger partial charge in [0.2, 0.25) is 5.91 Å². The Bertz CT molecular complexity index is 739. The van der Waals surface area contributed by atoms with Crippen LogP contribution in [0.25, 0.3) is 0 Å². The van der Waals surface area contributed by atoms with Crippen LogP contribution in [0.5, 0.6) is 0 Å². The van der Waals surface area contributed by atoms with Gasteiger partial charge in [0.05, 0.1) is 9.92 Å². The average molecular weight is 315 g/mol. The molecule has 2 rings (SSSR count). The number of hydrogen-bond acceptors (Lipinski definition) is 5. The van der Waals surface area contributed by atoms with Crippen LogP contribution in [0.4, 0.5) is 5.82 Å². The largest absolute Gasteiger partial charge is 0.360 e. The van der Waals surface area contributed by atoms with Crippen molar-refractivity contribution < 1.29 is 17.7 Å². The summed E-state index contributed by atoms with van der Waals surface area (Å²) >= 11 is 5.82. The van der Waals surface area contributed by atoms with E-state index in [1.165, 1.54) is 24.3 Å². The number of rotatable bonds is 4. The molecule has 20 heavy (non-hydrogen) atoms. The van der Waals surface area contributed by atoms with Gasteiger partial charge < -0.3 is 9.84 Å². The number of nitrogens with one attached hydrogen (secondary N) is 1. The highest BCUT2D eigenvalue weighted by atomic mass is 35.5. The predicted molar refractivity (Wildman–Crippen MR) is 73.4 cm³/mol. The number of carbonyl (C=O) groups is 1.